The number of halogens is 1. The van der Waals surface area contributed by atoms with Crippen LogP contribution in [0.2, 0.25) is 0 Å². The topological polar surface area (TPSA) is 63.7 Å². The largest absolute Gasteiger partial charge is 0.381 e. The van der Waals surface area contributed by atoms with Crippen molar-refractivity contribution >= 4 is 15.7 Å². The van der Waals surface area contributed by atoms with Gasteiger partial charge >= 0.3 is 0 Å². The van der Waals surface area contributed by atoms with Crippen LogP contribution in [0.4, 0.5) is 4.39 Å². The second kappa shape index (κ2) is 6.57. The summed E-state index contributed by atoms with van der Waals surface area (Å²) in [7, 11) is -3.49. The molecule has 0 spiro atoms. The average molecular weight is 341 g/mol. The first-order valence-electron chi connectivity index (χ1n) is 7.81. The molecule has 2 heterocycles. The number of benzene rings is 1. The maximum absolute atomic E-state index is 14.0. The van der Waals surface area contributed by atoms with Gasteiger partial charge in [-0.3, -0.25) is 4.79 Å². The molecule has 0 saturated carbocycles. The van der Waals surface area contributed by atoms with Crippen molar-refractivity contribution in [2.75, 3.05) is 32.1 Å². The number of nitrogens with zero attached hydrogens (tertiary/aromatic N) is 1. The summed E-state index contributed by atoms with van der Waals surface area (Å²) in [6.07, 6.45) is 0.904. The van der Waals surface area contributed by atoms with Crippen molar-refractivity contribution in [3.05, 3.63) is 35.6 Å². The molecule has 0 aliphatic carbocycles. The van der Waals surface area contributed by atoms with Crippen molar-refractivity contribution in [1.82, 2.24) is 4.90 Å². The Morgan fingerprint density at radius 1 is 1.22 bits per heavy atom. The molecule has 3 rings (SSSR count). The summed E-state index contributed by atoms with van der Waals surface area (Å²) in [5.41, 5.74) is 0.200. The van der Waals surface area contributed by atoms with Gasteiger partial charge in [-0.1, -0.05) is 18.2 Å². The summed E-state index contributed by atoms with van der Waals surface area (Å²) < 4.78 is 44.3. The number of sulfone groups is 1. The van der Waals surface area contributed by atoms with Crippen LogP contribution in [-0.2, 0) is 19.4 Å². The Bertz CT molecular complexity index is 685. The predicted octanol–water partition coefficient (Wildman–Crippen LogP) is 1.55. The summed E-state index contributed by atoms with van der Waals surface area (Å²) in [5, 5.41) is -0.888. The molecule has 1 amide bonds. The van der Waals surface area contributed by atoms with Crippen LogP contribution in [-0.4, -0.2) is 51.3 Å². The van der Waals surface area contributed by atoms with Crippen LogP contribution < -0.4 is 0 Å². The molecule has 1 aromatic carbocycles. The van der Waals surface area contributed by atoms with Gasteiger partial charge in [-0.25, -0.2) is 12.8 Å². The smallest absolute Gasteiger partial charge is 0.228 e. The van der Waals surface area contributed by atoms with Gasteiger partial charge in [0.05, 0.1) is 23.5 Å². The standard InChI is InChI=1S/C16H20FNO4S/c17-14-4-2-1-3-13(14)15-5-7-18(8-10-23(15,20)21)16(19)12-6-9-22-11-12/h1-4,12,15H,5-11H2/t12-,15+/m1/s1. The van der Waals surface area contributed by atoms with Crippen molar-refractivity contribution in [2.24, 2.45) is 5.92 Å². The lowest BCUT2D eigenvalue weighted by atomic mass is 10.1. The Hall–Kier alpha value is -1.47. The molecule has 0 unspecified atom stereocenters. The van der Waals surface area contributed by atoms with E-state index in [2.05, 4.69) is 0 Å². The maximum Gasteiger partial charge on any atom is 0.228 e. The average Bonchev–Trinajstić information content (AvgIpc) is 3.00. The van der Waals surface area contributed by atoms with E-state index < -0.39 is 20.9 Å². The molecule has 7 heteroatoms. The second-order valence-electron chi connectivity index (χ2n) is 6.05. The lowest BCUT2D eigenvalue weighted by molar-refractivity contribution is -0.135. The summed E-state index contributed by atoms with van der Waals surface area (Å²) in [4.78, 5) is 14.0. The maximum atomic E-state index is 14.0. The molecule has 2 saturated heterocycles. The Morgan fingerprint density at radius 3 is 2.70 bits per heavy atom. The number of rotatable bonds is 2. The van der Waals surface area contributed by atoms with E-state index in [1.807, 2.05) is 0 Å². The van der Waals surface area contributed by atoms with Crippen molar-refractivity contribution in [3.8, 4) is 0 Å². The van der Waals surface area contributed by atoms with E-state index in [0.717, 1.165) is 0 Å². The molecule has 0 radical (unpaired) electrons. The van der Waals surface area contributed by atoms with Crippen molar-refractivity contribution in [3.63, 3.8) is 0 Å². The molecule has 2 fully saturated rings. The molecular formula is C16H20FNO4S. The highest BCUT2D eigenvalue weighted by molar-refractivity contribution is 7.91. The third-order valence-corrected chi connectivity index (χ3v) is 6.69. The highest BCUT2D eigenvalue weighted by atomic mass is 32.2. The van der Waals surface area contributed by atoms with Gasteiger partial charge in [-0.2, -0.15) is 0 Å². The van der Waals surface area contributed by atoms with Gasteiger partial charge < -0.3 is 9.64 Å². The Labute approximate surface area is 135 Å². The Balaban J connectivity index is 1.80. The minimum Gasteiger partial charge on any atom is -0.381 e. The van der Waals surface area contributed by atoms with Crippen LogP contribution in [0.5, 0.6) is 0 Å². The quantitative estimate of drug-likeness (QED) is 0.819. The number of carbonyl (C=O) groups is 1. The number of hydrogen-bond donors (Lipinski definition) is 0. The minimum atomic E-state index is -3.49. The number of ether oxygens (including phenoxy) is 1. The second-order valence-corrected chi connectivity index (χ2v) is 8.35. The zero-order valence-electron chi connectivity index (χ0n) is 12.8. The van der Waals surface area contributed by atoms with Gasteiger partial charge in [0.1, 0.15) is 5.82 Å². The van der Waals surface area contributed by atoms with Crippen LogP contribution in [0, 0.1) is 11.7 Å². The molecule has 0 aromatic heterocycles. The minimum absolute atomic E-state index is 0.0492. The summed E-state index contributed by atoms with van der Waals surface area (Å²) in [5.74, 6) is -0.870. The van der Waals surface area contributed by atoms with Gasteiger partial charge in [0, 0.05) is 25.3 Å². The van der Waals surface area contributed by atoms with Gasteiger partial charge in [0.2, 0.25) is 5.91 Å². The molecule has 0 bridgehead atoms. The fraction of sp³-hybridized carbons (Fsp3) is 0.562. The van der Waals surface area contributed by atoms with Gasteiger partial charge in [-0.15, -0.1) is 0 Å². The van der Waals surface area contributed by atoms with Crippen LogP contribution in [0.25, 0.3) is 0 Å². The zero-order valence-corrected chi connectivity index (χ0v) is 13.6. The summed E-state index contributed by atoms with van der Waals surface area (Å²) in [6.45, 7) is 1.47. The van der Waals surface area contributed by atoms with E-state index in [4.69, 9.17) is 4.74 Å². The van der Waals surface area contributed by atoms with Gasteiger partial charge in [-0.05, 0) is 18.9 Å². The van der Waals surface area contributed by atoms with Gasteiger partial charge in [0.15, 0.2) is 9.84 Å². The van der Waals surface area contributed by atoms with Crippen molar-refractivity contribution < 1.29 is 22.3 Å². The van der Waals surface area contributed by atoms with E-state index in [-0.39, 0.29) is 36.1 Å². The summed E-state index contributed by atoms with van der Waals surface area (Å²) in [6, 6.07) is 5.96. The zero-order chi connectivity index (χ0) is 16.4. The van der Waals surface area contributed by atoms with E-state index in [1.54, 1.807) is 11.0 Å². The van der Waals surface area contributed by atoms with Crippen LogP contribution in [0.1, 0.15) is 23.7 Å². The lowest BCUT2D eigenvalue weighted by Gasteiger charge is -2.22. The van der Waals surface area contributed by atoms with E-state index in [1.165, 1.54) is 18.2 Å². The van der Waals surface area contributed by atoms with Crippen molar-refractivity contribution in [2.45, 2.75) is 18.1 Å². The first-order chi connectivity index (χ1) is 11.0. The van der Waals surface area contributed by atoms with E-state index in [0.29, 0.717) is 26.2 Å². The van der Waals surface area contributed by atoms with E-state index in [9.17, 15) is 17.6 Å². The molecule has 1 aromatic rings. The molecule has 2 aliphatic heterocycles. The highest BCUT2D eigenvalue weighted by Crippen LogP contribution is 2.31. The highest BCUT2D eigenvalue weighted by Gasteiger charge is 2.36. The molecular weight excluding hydrogens is 321 g/mol. The fourth-order valence-electron chi connectivity index (χ4n) is 3.24. The normalized spacial score (nSPS) is 27.6. The predicted molar refractivity (Wildman–Crippen MR) is 83.1 cm³/mol. The third-order valence-electron chi connectivity index (χ3n) is 4.58. The molecule has 126 valence electrons. The fourth-order valence-corrected chi connectivity index (χ4v) is 5.04. The number of hydrogen-bond acceptors (Lipinski definition) is 4. The Morgan fingerprint density at radius 2 is 2.00 bits per heavy atom. The van der Waals surface area contributed by atoms with Gasteiger partial charge in [0.25, 0.3) is 0 Å². The monoisotopic (exact) mass is 341 g/mol. The lowest BCUT2D eigenvalue weighted by Crippen LogP contribution is -2.38. The SMILES string of the molecule is O=C([C@@H]1CCOC1)N1CC[C@@H](c2ccccc2F)S(=O)(=O)CC1. The van der Waals surface area contributed by atoms with E-state index >= 15 is 0 Å². The van der Waals surface area contributed by atoms with Crippen LogP contribution in [0.15, 0.2) is 24.3 Å². The number of amides is 1. The molecule has 0 N–H and O–H groups in total. The molecule has 23 heavy (non-hydrogen) atoms. The van der Waals surface area contributed by atoms with Crippen LogP contribution in [0.3, 0.4) is 0 Å². The van der Waals surface area contributed by atoms with Crippen molar-refractivity contribution in [1.29, 1.82) is 0 Å². The first-order valence-corrected chi connectivity index (χ1v) is 9.53. The molecule has 5 nitrogen and oxygen atoms in total. The summed E-state index contributed by atoms with van der Waals surface area (Å²) >= 11 is 0. The molecule has 2 aliphatic rings. The third kappa shape index (κ3) is 3.40. The Kier molecular flexibility index (Phi) is 4.68. The van der Waals surface area contributed by atoms with Crippen LogP contribution >= 0.6 is 0 Å². The number of carbonyl (C=O) groups excluding carboxylic acids is 1. The first kappa shape index (κ1) is 16.4. The molecule has 2 atom stereocenters.